The normalized spacial score (nSPS) is 29.5. The molecule has 1 aromatic carbocycles. The van der Waals surface area contributed by atoms with E-state index in [1.54, 1.807) is 0 Å². The number of aryl methyl sites for hydroxylation is 2. The van der Waals surface area contributed by atoms with E-state index in [2.05, 4.69) is 32.0 Å². The minimum atomic E-state index is 0.190. The average Bonchev–Trinajstić information content (AvgIpc) is 2.88. The van der Waals surface area contributed by atoms with Gasteiger partial charge in [0, 0.05) is 6.04 Å². The van der Waals surface area contributed by atoms with E-state index >= 15 is 0 Å². The van der Waals surface area contributed by atoms with Crippen molar-refractivity contribution in [2.24, 2.45) is 17.6 Å². The van der Waals surface area contributed by atoms with Crippen LogP contribution in [-0.2, 0) is 12.8 Å². The summed E-state index contributed by atoms with van der Waals surface area (Å²) in [7, 11) is 0. The number of hydrogen-bond donors (Lipinski definition) is 1. The molecule has 2 nitrogen and oxygen atoms in total. The number of nitrogens with two attached hydrogens (primary N) is 1. The van der Waals surface area contributed by atoms with Gasteiger partial charge < -0.3 is 10.5 Å². The van der Waals surface area contributed by atoms with Crippen LogP contribution in [0.25, 0.3) is 0 Å². The molecule has 110 valence electrons. The molecule has 2 aliphatic carbocycles. The topological polar surface area (TPSA) is 35.2 Å². The molecule has 0 heterocycles. The summed E-state index contributed by atoms with van der Waals surface area (Å²) >= 11 is 0. The van der Waals surface area contributed by atoms with Crippen LogP contribution in [0.2, 0.25) is 0 Å². The average molecular weight is 273 g/mol. The number of ether oxygens (including phenoxy) is 1. The summed E-state index contributed by atoms with van der Waals surface area (Å²) in [5.41, 5.74) is 9.26. The van der Waals surface area contributed by atoms with Crippen molar-refractivity contribution >= 4 is 0 Å². The third-order valence-electron chi connectivity index (χ3n) is 5.18. The SMILES string of the molecule is CC(C)C1CCC(N)C(Oc2ccc3c(c2)CCC3)C1. The molecular weight excluding hydrogens is 246 g/mol. The fourth-order valence-electron chi connectivity index (χ4n) is 3.72. The Kier molecular flexibility index (Phi) is 4.02. The predicted molar refractivity (Wildman–Crippen MR) is 83.0 cm³/mol. The van der Waals surface area contributed by atoms with Gasteiger partial charge in [0.2, 0.25) is 0 Å². The summed E-state index contributed by atoms with van der Waals surface area (Å²) in [6, 6.07) is 6.81. The van der Waals surface area contributed by atoms with E-state index in [0.717, 1.165) is 30.4 Å². The van der Waals surface area contributed by atoms with Crippen LogP contribution in [-0.4, -0.2) is 12.1 Å². The molecule has 3 rings (SSSR count). The summed E-state index contributed by atoms with van der Waals surface area (Å²) in [6.45, 7) is 4.63. The van der Waals surface area contributed by atoms with Gasteiger partial charge in [-0.3, -0.25) is 0 Å². The quantitative estimate of drug-likeness (QED) is 0.911. The third-order valence-corrected chi connectivity index (χ3v) is 5.18. The first-order valence-electron chi connectivity index (χ1n) is 8.17. The van der Waals surface area contributed by atoms with Gasteiger partial charge >= 0.3 is 0 Å². The number of hydrogen-bond acceptors (Lipinski definition) is 2. The molecule has 0 aliphatic heterocycles. The molecule has 1 saturated carbocycles. The zero-order valence-electron chi connectivity index (χ0n) is 12.8. The Balaban J connectivity index is 1.69. The minimum absolute atomic E-state index is 0.190. The van der Waals surface area contributed by atoms with Crippen LogP contribution in [0.5, 0.6) is 5.75 Å². The third kappa shape index (κ3) is 2.85. The van der Waals surface area contributed by atoms with Crippen LogP contribution in [0, 0.1) is 11.8 Å². The molecule has 2 N–H and O–H groups in total. The van der Waals surface area contributed by atoms with Crippen LogP contribution in [0.15, 0.2) is 18.2 Å². The molecule has 3 atom stereocenters. The Bertz CT molecular complexity index is 468. The molecule has 0 bridgehead atoms. The first-order valence-corrected chi connectivity index (χ1v) is 8.17. The maximum Gasteiger partial charge on any atom is 0.120 e. The zero-order chi connectivity index (χ0) is 14.1. The van der Waals surface area contributed by atoms with Gasteiger partial charge in [0.1, 0.15) is 11.9 Å². The summed E-state index contributed by atoms with van der Waals surface area (Å²) in [5.74, 6) is 2.51. The van der Waals surface area contributed by atoms with Gasteiger partial charge in [-0.2, -0.15) is 0 Å². The first kappa shape index (κ1) is 13.9. The van der Waals surface area contributed by atoms with E-state index in [4.69, 9.17) is 10.5 Å². The van der Waals surface area contributed by atoms with E-state index < -0.39 is 0 Å². The largest absolute Gasteiger partial charge is 0.489 e. The van der Waals surface area contributed by atoms with Crippen LogP contribution in [0.1, 0.15) is 50.7 Å². The minimum Gasteiger partial charge on any atom is -0.489 e. The summed E-state index contributed by atoms with van der Waals surface area (Å²) < 4.78 is 6.25. The van der Waals surface area contributed by atoms with Crippen LogP contribution in [0.4, 0.5) is 0 Å². The molecule has 2 aliphatic rings. The molecule has 1 aromatic rings. The van der Waals surface area contributed by atoms with Gasteiger partial charge in [-0.15, -0.1) is 0 Å². The van der Waals surface area contributed by atoms with Crippen LogP contribution < -0.4 is 10.5 Å². The molecule has 1 fully saturated rings. The molecule has 0 radical (unpaired) electrons. The smallest absolute Gasteiger partial charge is 0.120 e. The monoisotopic (exact) mass is 273 g/mol. The van der Waals surface area contributed by atoms with Gasteiger partial charge in [-0.25, -0.2) is 0 Å². The second kappa shape index (κ2) is 5.77. The number of benzene rings is 1. The highest BCUT2D eigenvalue weighted by Crippen LogP contribution is 2.33. The molecule has 0 amide bonds. The Hall–Kier alpha value is -1.02. The molecule has 0 spiro atoms. The van der Waals surface area contributed by atoms with Gasteiger partial charge in [0.15, 0.2) is 0 Å². The fourth-order valence-corrected chi connectivity index (χ4v) is 3.72. The maximum atomic E-state index is 6.28. The van der Waals surface area contributed by atoms with E-state index in [9.17, 15) is 0 Å². The lowest BCUT2D eigenvalue weighted by Gasteiger charge is -2.36. The molecule has 0 aromatic heterocycles. The number of fused-ring (bicyclic) bond motifs is 1. The van der Waals surface area contributed by atoms with E-state index in [0.29, 0.717) is 0 Å². The lowest BCUT2D eigenvalue weighted by molar-refractivity contribution is 0.0867. The molecule has 20 heavy (non-hydrogen) atoms. The molecule has 2 heteroatoms. The molecular formula is C18H27NO. The van der Waals surface area contributed by atoms with Crippen molar-refractivity contribution in [2.45, 2.75) is 64.5 Å². The number of rotatable bonds is 3. The van der Waals surface area contributed by atoms with Gasteiger partial charge in [0.25, 0.3) is 0 Å². The Morgan fingerprint density at radius 3 is 2.75 bits per heavy atom. The van der Waals surface area contributed by atoms with Crippen molar-refractivity contribution in [2.75, 3.05) is 0 Å². The molecule has 0 saturated heterocycles. The highest BCUT2D eigenvalue weighted by Gasteiger charge is 2.31. The van der Waals surface area contributed by atoms with Gasteiger partial charge in [-0.1, -0.05) is 19.9 Å². The summed E-state index contributed by atoms with van der Waals surface area (Å²) in [5, 5.41) is 0. The van der Waals surface area contributed by atoms with Crippen molar-refractivity contribution in [1.82, 2.24) is 0 Å². The van der Waals surface area contributed by atoms with Crippen molar-refractivity contribution < 1.29 is 4.74 Å². The zero-order valence-corrected chi connectivity index (χ0v) is 12.8. The standard InChI is InChI=1S/C18H27NO/c1-12(2)14-7-9-17(19)18(11-14)20-16-8-6-13-4-3-5-15(13)10-16/h6,8,10,12,14,17-18H,3-5,7,9,11,19H2,1-2H3. The summed E-state index contributed by atoms with van der Waals surface area (Å²) in [4.78, 5) is 0. The lowest BCUT2D eigenvalue weighted by atomic mass is 9.78. The van der Waals surface area contributed by atoms with Crippen LogP contribution in [0.3, 0.4) is 0 Å². The fraction of sp³-hybridized carbons (Fsp3) is 0.667. The van der Waals surface area contributed by atoms with Crippen molar-refractivity contribution in [3.05, 3.63) is 29.3 Å². The van der Waals surface area contributed by atoms with Crippen molar-refractivity contribution in [1.29, 1.82) is 0 Å². The Morgan fingerprint density at radius 2 is 1.95 bits per heavy atom. The van der Waals surface area contributed by atoms with Crippen LogP contribution >= 0.6 is 0 Å². The Labute approximate surface area is 122 Å². The highest BCUT2D eigenvalue weighted by molar-refractivity contribution is 5.38. The maximum absolute atomic E-state index is 6.28. The lowest BCUT2D eigenvalue weighted by Crippen LogP contribution is -2.44. The second-order valence-corrected chi connectivity index (χ2v) is 6.92. The predicted octanol–water partition coefficient (Wildman–Crippen LogP) is 3.71. The molecule has 3 unspecified atom stereocenters. The van der Waals surface area contributed by atoms with Crippen molar-refractivity contribution in [3.8, 4) is 5.75 Å². The van der Waals surface area contributed by atoms with E-state index in [1.807, 2.05) is 0 Å². The summed E-state index contributed by atoms with van der Waals surface area (Å²) in [6.07, 6.45) is 7.37. The van der Waals surface area contributed by atoms with Gasteiger partial charge in [-0.05, 0) is 73.6 Å². The highest BCUT2D eigenvalue weighted by atomic mass is 16.5. The van der Waals surface area contributed by atoms with Crippen molar-refractivity contribution in [3.63, 3.8) is 0 Å². The second-order valence-electron chi connectivity index (χ2n) is 6.92. The Morgan fingerprint density at radius 1 is 1.15 bits per heavy atom. The van der Waals surface area contributed by atoms with Gasteiger partial charge in [0.05, 0.1) is 0 Å². The first-order chi connectivity index (χ1) is 9.63. The van der Waals surface area contributed by atoms with E-state index in [-0.39, 0.29) is 12.1 Å². The van der Waals surface area contributed by atoms with E-state index in [1.165, 1.54) is 36.8 Å².